The van der Waals surface area contributed by atoms with Crippen molar-refractivity contribution in [1.82, 2.24) is 4.90 Å². The Bertz CT molecular complexity index is 777. The lowest BCUT2D eigenvalue weighted by atomic mass is 9.93. The molecule has 1 heterocycles. The maximum atomic E-state index is 7.51. The smallest absolute Gasteiger partial charge is 0.0394 e. The van der Waals surface area contributed by atoms with Crippen molar-refractivity contribution in [3.8, 4) is 0 Å². The highest BCUT2D eigenvalue weighted by Crippen LogP contribution is 2.39. The molecule has 2 heteroatoms. The number of hydrogen-bond acceptors (Lipinski definition) is 2. The van der Waals surface area contributed by atoms with Crippen LogP contribution in [-0.4, -0.2) is 25.4 Å². The molecule has 0 N–H and O–H groups in total. The molecule has 1 nitrogen and oxygen atoms in total. The van der Waals surface area contributed by atoms with Crippen LogP contribution in [-0.2, 0) is 5.75 Å². The first kappa shape index (κ1) is 8.82. The predicted octanol–water partition coefficient (Wildman–Crippen LogP) is 4.68. The summed E-state index contributed by atoms with van der Waals surface area (Å²) in [6.07, 6.45) is 2.30. The fourth-order valence-corrected chi connectivity index (χ4v) is 3.65. The highest BCUT2D eigenvalue weighted by atomic mass is 32.2. The van der Waals surface area contributed by atoms with E-state index in [9.17, 15) is 0 Å². The van der Waals surface area contributed by atoms with E-state index in [-0.39, 0.29) is 6.54 Å². The highest BCUT2D eigenvalue weighted by Gasteiger charge is 2.17. The first-order chi connectivity index (χ1) is 12.7. The fourth-order valence-electron chi connectivity index (χ4n) is 2.58. The minimum atomic E-state index is -2.65. The fraction of sp³-hybridized carbons (Fsp3) is 0.263. The van der Waals surface area contributed by atoms with E-state index >= 15 is 0 Å². The van der Waals surface area contributed by atoms with Gasteiger partial charge in [0.2, 0.25) is 0 Å². The van der Waals surface area contributed by atoms with Crippen molar-refractivity contribution in [3.05, 3.63) is 71.3 Å². The van der Waals surface area contributed by atoms with Crippen molar-refractivity contribution in [2.45, 2.75) is 17.1 Å². The van der Waals surface area contributed by atoms with E-state index in [0.717, 1.165) is 22.5 Å². The quantitative estimate of drug-likeness (QED) is 0.810. The second-order valence-electron chi connectivity index (χ2n) is 5.00. The number of benzene rings is 2. The highest BCUT2D eigenvalue weighted by molar-refractivity contribution is 7.98. The van der Waals surface area contributed by atoms with Gasteiger partial charge in [-0.1, -0.05) is 48.5 Å². The van der Waals surface area contributed by atoms with Gasteiger partial charge in [-0.05, 0) is 48.7 Å². The van der Waals surface area contributed by atoms with Crippen LogP contribution in [0, 0.1) is 0 Å². The molecule has 3 rings (SSSR count). The van der Waals surface area contributed by atoms with Crippen molar-refractivity contribution in [3.63, 3.8) is 0 Å². The van der Waals surface area contributed by atoms with Gasteiger partial charge >= 0.3 is 0 Å². The lowest BCUT2D eigenvalue weighted by Crippen LogP contribution is -2.12. The molecule has 0 spiro atoms. The lowest BCUT2D eigenvalue weighted by molar-refractivity contribution is 0.417. The van der Waals surface area contributed by atoms with Crippen molar-refractivity contribution in [1.29, 1.82) is 0 Å². The Balaban J connectivity index is 1.95. The van der Waals surface area contributed by atoms with Crippen molar-refractivity contribution in [2.75, 3.05) is 20.5 Å². The topological polar surface area (TPSA) is 3.24 Å². The average Bonchev–Trinajstić information content (AvgIpc) is 2.74. The second-order valence-corrected chi connectivity index (χ2v) is 6.02. The number of nitrogens with zero attached hydrogens (tertiary/aromatic N) is 1. The molecule has 2 aromatic carbocycles. The van der Waals surface area contributed by atoms with E-state index in [1.165, 1.54) is 10.5 Å². The maximum absolute atomic E-state index is 7.51. The number of hydrogen-bond donors (Lipinski definition) is 0. The SMILES string of the molecule is [2H]C([2H])([2H])N(CC/C=C1/c2ccccc2CSc2ccccc21)C([2H])([2H])[2H]. The molecule has 0 radical (unpaired) electrons. The third-order valence-electron chi connectivity index (χ3n) is 3.57. The zero-order valence-electron chi connectivity index (χ0n) is 17.7. The van der Waals surface area contributed by atoms with Crippen LogP contribution in [0.1, 0.15) is 31.3 Å². The van der Waals surface area contributed by atoms with E-state index in [4.69, 9.17) is 8.22 Å². The molecular weight excluding hydrogens is 274 g/mol. The molecule has 0 bridgehead atoms. The number of fused-ring (bicyclic) bond motifs is 2. The Labute approximate surface area is 140 Å². The van der Waals surface area contributed by atoms with Crippen LogP contribution in [0.15, 0.2) is 59.5 Å². The normalized spacial score (nSPS) is 21.1. The minimum absolute atomic E-state index is 0.0615. The van der Waals surface area contributed by atoms with Crippen LogP contribution in [0.25, 0.3) is 5.57 Å². The van der Waals surface area contributed by atoms with Gasteiger partial charge in [-0.2, -0.15) is 0 Å². The van der Waals surface area contributed by atoms with Crippen LogP contribution >= 0.6 is 11.8 Å². The summed E-state index contributed by atoms with van der Waals surface area (Å²) in [6, 6.07) is 16.3. The summed E-state index contributed by atoms with van der Waals surface area (Å²) in [5.41, 5.74) is 4.46. The minimum Gasteiger partial charge on any atom is -0.309 e. The molecule has 1 aliphatic heterocycles. The number of rotatable bonds is 3. The zero-order valence-corrected chi connectivity index (χ0v) is 12.5. The van der Waals surface area contributed by atoms with E-state index in [1.54, 1.807) is 11.8 Å². The van der Waals surface area contributed by atoms with E-state index in [1.807, 2.05) is 30.3 Å². The van der Waals surface area contributed by atoms with Gasteiger partial charge in [0, 0.05) is 25.4 Å². The van der Waals surface area contributed by atoms with Gasteiger partial charge in [-0.3, -0.25) is 0 Å². The summed E-state index contributed by atoms with van der Waals surface area (Å²) < 4.78 is 45.1. The van der Waals surface area contributed by atoms with Gasteiger partial charge in [0.25, 0.3) is 0 Å². The van der Waals surface area contributed by atoms with Crippen molar-refractivity contribution in [2.24, 2.45) is 0 Å². The Hall–Kier alpha value is -1.51. The summed E-state index contributed by atoms with van der Waals surface area (Å²) in [5, 5.41) is 0. The van der Waals surface area contributed by atoms with E-state index < -0.39 is 14.0 Å². The van der Waals surface area contributed by atoms with Gasteiger partial charge in [-0.15, -0.1) is 11.8 Å². The van der Waals surface area contributed by atoms with Gasteiger partial charge in [0.05, 0.1) is 0 Å². The summed E-state index contributed by atoms with van der Waals surface area (Å²) in [7, 11) is 0. The van der Waals surface area contributed by atoms with Gasteiger partial charge in [-0.25, -0.2) is 0 Å². The summed E-state index contributed by atoms with van der Waals surface area (Å²) in [4.78, 5) is 1.78. The van der Waals surface area contributed by atoms with Gasteiger partial charge in [0.1, 0.15) is 0 Å². The Morgan fingerprint density at radius 3 is 2.71 bits per heavy atom. The van der Waals surface area contributed by atoms with Crippen LogP contribution in [0.5, 0.6) is 0 Å². The van der Waals surface area contributed by atoms with Crippen LogP contribution < -0.4 is 0 Å². The Kier molecular flexibility index (Phi) is 2.73. The number of thioether (sulfide) groups is 1. The van der Waals surface area contributed by atoms with Crippen molar-refractivity contribution < 1.29 is 8.22 Å². The lowest BCUT2D eigenvalue weighted by Gasteiger charge is -2.12. The molecule has 0 aliphatic carbocycles. The third-order valence-corrected chi connectivity index (χ3v) is 4.69. The average molecular weight is 301 g/mol. The summed E-state index contributed by atoms with van der Waals surface area (Å²) in [5.74, 6) is 0.862. The molecule has 0 saturated heterocycles. The largest absolute Gasteiger partial charge is 0.309 e. The Morgan fingerprint density at radius 2 is 1.86 bits per heavy atom. The third kappa shape index (κ3) is 3.22. The van der Waals surface area contributed by atoms with Crippen molar-refractivity contribution >= 4 is 17.3 Å². The second kappa shape index (κ2) is 6.50. The van der Waals surface area contributed by atoms with E-state index in [2.05, 4.69) is 24.3 Å². The molecule has 0 unspecified atom stereocenters. The molecule has 0 fully saturated rings. The van der Waals surface area contributed by atoms with Crippen LogP contribution in [0.2, 0.25) is 0 Å². The molecule has 0 atom stereocenters. The molecule has 0 saturated carbocycles. The molecule has 21 heavy (non-hydrogen) atoms. The standard InChI is InChI=1S/C19H21NS/c1-20(2)13-7-11-17-16-9-4-3-8-15(16)14-21-19-12-6-5-10-18(17)19/h3-6,8-12H,7,13-14H2,1-2H3/b17-11-/i1D3,2D3. The molecular formula is C19H21NS. The first-order valence-corrected chi connectivity index (χ1v) is 7.95. The first-order valence-electron chi connectivity index (χ1n) is 9.96. The zero-order chi connectivity index (χ0) is 19.7. The van der Waals surface area contributed by atoms with Crippen LogP contribution in [0.4, 0.5) is 0 Å². The molecule has 1 aliphatic rings. The van der Waals surface area contributed by atoms with Crippen LogP contribution in [0.3, 0.4) is 0 Å². The maximum Gasteiger partial charge on any atom is 0.0394 e. The molecule has 0 aromatic heterocycles. The molecule has 0 amide bonds. The predicted molar refractivity (Wildman–Crippen MR) is 92.7 cm³/mol. The molecule has 2 aromatic rings. The van der Waals surface area contributed by atoms with Gasteiger partial charge < -0.3 is 4.90 Å². The Morgan fingerprint density at radius 1 is 1.10 bits per heavy atom. The van der Waals surface area contributed by atoms with Gasteiger partial charge in [0.15, 0.2) is 0 Å². The molecule has 108 valence electrons. The monoisotopic (exact) mass is 301 g/mol. The summed E-state index contributed by atoms with van der Waals surface area (Å²) in [6.45, 7) is -5.37. The summed E-state index contributed by atoms with van der Waals surface area (Å²) >= 11 is 1.77. The van der Waals surface area contributed by atoms with E-state index in [0.29, 0.717) is 11.3 Å².